The lowest BCUT2D eigenvalue weighted by molar-refractivity contribution is -0.161. The van der Waals surface area contributed by atoms with Crippen molar-refractivity contribution in [3.63, 3.8) is 0 Å². The van der Waals surface area contributed by atoms with Crippen molar-refractivity contribution in [2.75, 3.05) is 39.6 Å². The molecule has 0 saturated carbocycles. The summed E-state index contributed by atoms with van der Waals surface area (Å²) in [6.07, 6.45) is 99.9. The number of aliphatic hydroxyl groups excluding tert-OH is 2. The first kappa shape index (κ1) is 99.9. The minimum Gasteiger partial charge on any atom is -0.463 e. The first-order valence-electron chi connectivity index (χ1n) is 40.4. The Labute approximate surface area is 637 Å². The molecule has 16 nitrogen and oxygen atoms in total. The summed E-state index contributed by atoms with van der Waals surface area (Å²) in [5, 5.41) is 20.6. The number of allylic oxidation sites excluding steroid dienone is 28. The molecule has 0 amide bonds. The normalized spacial score (nSPS) is 14.8. The van der Waals surface area contributed by atoms with Gasteiger partial charge in [-0.05, 0) is 148 Å². The maximum Gasteiger partial charge on any atom is 0.472 e. The minimum absolute atomic E-state index is 0.0773. The molecule has 0 aromatic carbocycles. The van der Waals surface area contributed by atoms with E-state index in [2.05, 4.69) is 191 Å². The molecule has 0 aliphatic carbocycles. The van der Waals surface area contributed by atoms with E-state index in [1.807, 2.05) is 0 Å². The van der Waals surface area contributed by atoms with Crippen LogP contribution in [0.4, 0.5) is 0 Å². The Bertz CT molecular complexity index is 2590. The van der Waals surface area contributed by atoms with Gasteiger partial charge in [0.15, 0.2) is 6.10 Å². The standard InChI is InChI=1S/C87H144O16P2/c1-4-7-10-13-16-19-22-25-27-29-31-33-35-36-37-38-39-40-41-42-43-44-46-48-49-51-53-56-58-61-64-67-70-73-85(90)97-76-82(88)77-99-104(93,94)100-78-83(89)79-101-105(95,96)102-81-84(103-87(92)75-72-69-66-63-60-55-24-21-18-15-12-9-6-3)80-98-86(91)74-71-68-65-62-59-57-54-52-50-47-45-34-32-30-28-26-23-20-17-14-11-8-5-2/h7-8,10-12,15-17,19-21,24-28,31-34,36-37,39-40,47,50,54,57,82-84,88-89H,4-6,9,13-14,18,22-23,29-30,35,38,41-46,48-49,51-53,55-56,58-81H2,1-3H3,(H,93,94)(H,95,96)/b10-7-,11-8-,15-12-,19-16-,20-17-,24-21-,27-25-,28-26-,33-31-,34-32-,37-36-,40-39-,50-47-,57-54-. The van der Waals surface area contributed by atoms with Crippen molar-refractivity contribution in [3.8, 4) is 0 Å². The molecule has 105 heavy (non-hydrogen) atoms. The lowest BCUT2D eigenvalue weighted by atomic mass is 10.0. The van der Waals surface area contributed by atoms with Gasteiger partial charge in [-0.2, -0.15) is 0 Å². The van der Waals surface area contributed by atoms with Crippen LogP contribution in [0.1, 0.15) is 303 Å². The third kappa shape index (κ3) is 79.8. The van der Waals surface area contributed by atoms with Gasteiger partial charge in [-0.15, -0.1) is 0 Å². The van der Waals surface area contributed by atoms with Crippen LogP contribution in [-0.4, -0.2) is 95.9 Å². The zero-order chi connectivity index (χ0) is 76.6. The van der Waals surface area contributed by atoms with Crippen molar-refractivity contribution in [3.05, 3.63) is 170 Å². The highest BCUT2D eigenvalue weighted by Gasteiger charge is 2.29. The molecule has 0 bridgehead atoms. The summed E-state index contributed by atoms with van der Waals surface area (Å²) in [7, 11) is -9.81. The van der Waals surface area contributed by atoms with E-state index in [1.165, 1.54) is 64.2 Å². The maximum atomic E-state index is 12.9. The molecule has 0 saturated heterocycles. The Morgan fingerprint density at radius 3 is 0.800 bits per heavy atom. The van der Waals surface area contributed by atoms with Crippen LogP contribution >= 0.6 is 15.6 Å². The van der Waals surface area contributed by atoms with E-state index in [4.69, 9.17) is 32.3 Å². The second kappa shape index (κ2) is 78.5. The number of phosphoric acid groups is 2. The Balaban J connectivity index is 4.48. The molecule has 0 aromatic heterocycles. The largest absolute Gasteiger partial charge is 0.472 e. The van der Waals surface area contributed by atoms with Gasteiger partial charge in [-0.25, -0.2) is 9.13 Å². The van der Waals surface area contributed by atoms with E-state index in [0.717, 1.165) is 180 Å². The third-order valence-electron chi connectivity index (χ3n) is 16.4. The van der Waals surface area contributed by atoms with E-state index in [1.54, 1.807) is 0 Å². The van der Waals surface area contributed by atoms with E-state index < -0.39 is 91.5 Å². The molecule has 598 valence electrons. The molecule has 5 unspecified atom stereocenters. The van der Waals surface area contributed by atoms with E-state index >= 15 is 0 Å². The fourth-order valence-corrected chi connectivity index (χ4v) is 11.9. The van der Waals surface area contributed by atoms with E-state index in [9.17, 15) is 43.5 Å². The zero-order valence-corrected chi connectivity index (χ0v) is 67.1. The van der Waals surface area contributed by atoms with Gasteiger partial charge in [-0.3, -0.25) is 32.5 Å². The van der Waals surface area contributed by atoms with Gasteiger partial charge >= 0.3 is 33.6 Å². The summed E-state index contributed by atoms with van der Waals surface area (Å²) in [6.45, 7) is 2.33. The molecular weight excluding hydrogens is 1360 g/mol. The molecule has 0 rings (SSSR count). The van der Waals surface area contributed by atoms with Gasteiger partial charge in [0.2, 0.25) is 0 Å². The summed E-state index contributed by atoms with van der Waals surface area (Å²) in [5.41, 5.74) is 0. The highest BCUT2D eigenvalue weighted by Crippen LogP contribution is 2.45. The number of ether oxygens (including phenoxy) is 3. The third-order valence-corrected chi connectivity index (χ3v) is 18.3. The van der Waals surface area contributed by atoms with Crippen molar-refractivity contribution in [2.45, 2.75) is 322 Å². The van der Waals surface area contributed by atoms with E-state index in [-0.39, 0.29) is 19.3 Å². The molecule has 0 heterocycles. The van der Waals surface area contributed by atoms with E-state index in [0.29, 0.717) is 19.3 Å². The van der Waals surface area contributed by atoms with Gasteiger partial charge < -0.3 is 34.2 Å². The molecular formula is C87H144O16P2. The summed E-state index contributed by atoms with van der Waals surface area (Å²) in [5.74, 6) is -1.63. The van der Waals surface area contributed by atoms with Crippen LogP contribution in [0.25, 0.3) is 0 Å². The summed E-state index contributed by atoms with van der Waals surface area (Å²) >= 11 is 0. The number of aliphatic hydroxyl groups is 2. The van der Waals surface area contributed by atoms with Crippen LogP contribution < -0.4 is 0 Å². The average molecular weight is 1510 g/mol. The van der Waals surface area contributed by atoms with Crippen LogP contribution in [0.3, 0.4) is 0 Å². The summed E-state index contributed by atoms with van der Waals surface area (Å²) in [4.78, 5) is 58.6. The Kier molecular flexibility index (Phi) is 74.7. The van der Waals surface area contributed by atoms with Gasteiger partial charge in [-0.1, -0.05) is 306 Å². The SMILES string of the molecule is CC/C=C\C/C=C\C/C=C\C/C=C\C/C=C\C/C=C\CCCCCCCCCCCCCCCCC(=O)OCC(O)COP(=O)(O)OCC(O)COP(=O)(O)OCC(COC(=O)CCCCCC/C=C\C/C=C\C/C=C\C/C=C\C/C=C\C/C=C\CC)OC(=O)CCCCCCC/C=C\C/C=C\CCC. The van der Waals surface area contributed by atoms with Crippen molar-refractivity contribution in [2.24, 2.45) is 0 Å². The van der Waals surface area contributed by atoms with Crippen molar-refractivity contribution in [1.82, 2.24) is 0 Å². The second-order valence-electron chi connectivity index (χ2n) is 26.5. The summed E-state index contributed by atoms with van der Waals surface area (Å²) in [6, 6.07) is 0. The molecule has 0 fully saturated rings. The monoisotopic (exact) mass is 1510 g/mol. The fraction of sp³-hybridized carbons (Fsp3) is 0.644. The lowest BCUT2D eigenvalue weighted by Crippen LogP contribution is -2.30. The number of hydrogen-bond donors (Lipinski definition) is 4. The smallest absolute Gasteiger partial charge is 0.463 e. The van der Waals surface area contributed by atoms with Crippen LogP contribution in [-0.2, 0) is 55.8 Å². The van der Waals surface area contributed by atoms with Crippen molar-refractivity contribution >= 4 is 33.6 Å². The molecule has 0 aliphatic heterocycles. The number of rotatable bonds is 75. The van der Waals surface area contributed by atoms with Crippen LogP contribution in [0, 0.1) is 0 Å². The zero-order valence-electron chi connectivity index (χ0n) is 65.3. The second-order valence-corrected chi connectivity index (χ2v) is 29.4. The Morgan fingerprint density at radius 2 is 0.505 bits per heavy atom. The predicted octanol–water partition coefficient (Wildman–Crippen LogP) is 24.0. The van der Waals surface area contributed by atoms with Gasteiger partial charge in [0, 0.05) is 19.3 Å². The first-order valence-corrected chi connectivity index (χ1v) is 43.4. The topological polar surface area (TPSA) is 231 Å². The number of esters is 3. The molecule has 0 aliphatic rings. The van der Waals surface area contributed by atoms with Gasteiger partial charge in [0.1, 0.15) is 25.4 Å². The predicted molar refractivity (Wildman–Crippen MR) is 435 cm³/mol. The highest BCUT2D eigenvalue weighted by molar-refractivity contribution is 7.47. The quantitative estimate of drug-likeness (QED) is 0.0146. The van der Waals surface area contributed by atoms with Crippen molar-refractivity contribution in [1.29, 1.82) is 0 Å². The minimum atomic E-state index is -4.94. The molecule has 5 atom stereocenters. The number of unbranched alkanes of at least 4 members (excludes halogenated alkanes) is 24. The molecule has 0 spiro atoms. The van der Waals surface area contributed by atoms with Gasteiger partial charge in [0.05, 0.1) is 26.4 Å². The molecule has 4 N–H and O–H groups in total. The van der Waals surface area contributed by atoms with Crippen LogP contribution in [0.5, 0.6) is 0 Å². The number of hydrogen-bond acceptors (Lipinski definition) is 14. The Morgan fingerprint density at radius 1 is 0.276 bits per heavy atom. The molecule has 0 radical (unpaired) electrons. The van der Waals surface area contributed by atoms with Crippen LogP contribution in [0.15, 0.2) is 170 Å². The Hall–Kier alpha value is -5.09. The average Bonchev–Trinajstić information content (AvgIpc) is 1.00. The highest BCUT2D eigenvalue weighted by atomic mass is 31.2. The van der Waals surface area contributed by atoms with Crippen molar-refractivity contribution < 1.29 is 75.8 Å². The first-order chi connectivity index (χ1) is 51.2. The summed E-state index contributed by atoms with van der Waals surface area (Å²) < 4.78 is 61.1. The number of phosphoric ester groups is 2. The molecule has 0 aromatic rings. The van der Waals surface area contributed by atoms with Gasteiger partial charge in [0.25, 0.3) is 0 Å². The number of carbonyl (C=O) groups excluding carboxylic acids is 3. The fourth-order valence-electron chi connectivity index (χ4n) is 10.3. The maximum absolute atomic E-state index is 12.9. The lowest BCUT2D eigenvalue weighted by Gasteiger charge is -2.21. The molecule has 18 heteroatoms. The number of carbonyl (C=O) groups is 3. The van der Waals surface area contributed by atoms with Crippen LogP contribution in [0.2, 0.25) is 0 Å².